The molecule has 0 radical (unpaired) electrons. The number of nitrogens with zero attached hydrogens (tertiary/aromatic N) is 3. The fraction of sp³-hybridized carbons (Fsp3) is 0.176. The van der Waals surface area contributed by atoms with Crippen molar-refractivity contribution in [1.29, 1.82) is 0 Å². The van der Waals surface area contributed by atoms with E-state index in [-0.39, 0.29) is 23.9 Å². The van der Waals surface area contributed by atoms with Gasteiger partial charge in [0.1, 0.15) is 0 Å². The van der Waals surface area contributed by atoms with Gasteiger partial charge in [0, 0.05) is 17.5 Å². The number of non-ortho nitro benzene ring substituents is 1. The van der Waals surface area contributed by atoms with Crippen LogP contribution < -0.4 is 9.47 Å². The molecule has 1 heterocycles. The van der Waals surface area contributed by atoms with Gasteiger partial charge in [0.25, 0.3) is 11.6 Å². The number of methoxy groups -OCH3 is 1. The first-order chi connectivity index (χ1) is 12.5. The molecule has 0 spiro atoms. The van der Waals surface area contributed by atoms with Gasteiger partial charge in [-0.2, -0.15) is 4.98 Å². The first-order valence-electron chi connectivity index (χ1n) is 7.56. The first kappa shape index (κ1) is 17.7. The van der Waals surface area contributed by atoms with Crippen molar-refractivity contribution in [2.24, 2.45) is 0 Å². The van der Waals surface area contributed by atoms with Crippen LogP contribution in [0.3, 0.4) is 0 Å². The SMILES string of the molecule is COc1ccc([N+](=O)[O-])cc1OCc1nc(Cc2cccc(Cl)c2)no1. The third kappa shape index (κ3) is 4.28. The Morgan fingerprint density at radius 2 is 2.08 bits per heavy atom. The number of nitro benzene ring substituents is 1. The second-order valence-electron chi connectivity index (χ2n) is 5.29. The molecular formula is C17H14ClN3O5. The van der Waals surface area contributed by atoms with E-state index in [1.54, 1.807) is 6.07 Å². The minimum atomic E-state index is -0.512. The average Bonchev–Trinajstić information content (AvgIpc) is 3.07. The zero-order valence-electron chi connectivity index (χ0n) is 13.7. The van der Waals surface area contributed by atoms with Crippen molar-refractivity contribution in [3.63, 3.8) is 0 Å². The predicted octanol–water partition coefficient (Wildman–Crippen LogP) is 3.81. The van der Waals surface area contributed by atoms with Gasteiger partial charge < -0.3 is 14.0 Å². The zero-order chi connectivity index (χ0) is 18.5. The van der Waals surface area contributed by atoms with Crippen LogP contribution >= 0.6 is 11.6 Å². The smallest absolute Gasteiger partial charge is 0.273 e. The molecule has 134 valence electrons. The van der Waals surface area contributed by atoms with Gasteiger partial charge in [0.05, 0.1) is 18.1 Å². The fourth-order valence-electron chi connectivity index (χ4n) is 2.28. The number of hydrogen-bond donors (Lipinski definition) is 0. The van der Waals surface area contributed by atoms with Crippen LogP contribution in [0.5, 0.6) is 11.5 Å². The van der Waals surface area contributed by atoms with E-state index in [2.05, 4.69) is 10.1 Å². The second kappa shape index (κ2) is 7.83. The molecule has 0 saturated carbocycles. The molecule has 1 aromatic heterocycles. The molecule has 3 rings (SSSR count). The van der Waals surface area contributed by atoms with E-state index in [9.17, 15) is 10.1 Å². The minimum absolute atomic E-state index is 0.0416. The lowest BCUT2D eigenvalue weighted by molar-refractivity contribution is -0.385. The fourth-order valence-corrected chi connectivity index (χ4v) is 2.49. The van der Waals surface area contributed by atoms with E-state index in [1.807, 2.05) is 18.2 Å². The molecule has 9 heteroatoms. The van der Waals surface area contributed by atoms with Gasteiger partial charge in [-0.1, -0.05) is 28.9 Å². The molecule has 2 aromatic carbocycles. The summed E-state index contributed by atoms with van der Waals surface area (Å²) in [7, 11) is 1.45. The standard InChI is InChI=1S/C17H14ClN3O5/c1-24-14-6-5-13(21(22)23)9-15(14)25-10-17-19-16(20-26-17)8-11-3-2-4-12(18)7-11/h2-7,9H,8,10H2,1H3. The molecule has 0 unspecified atom stereocenters. The Bertz CT molecular complexity index is 928. The molecule has 26 heavy (non-hydrogen) atoms. The maximum absolute atomic E-state index is 10.9. The van der Waals surface area contributed by atoms with Crippen LogP contribution in [0, 0.1) is 10.1 Å². The number of halogens is 1. The number of ether oxygens (including phenoxy) is 2. The normalized spacial score (nSPS) is 10.5. The predicted molar refractivity (Wildman–Crippen MR) is 92.5 cm³/mol. The lowest BCUT2D eigenvalue weighted by Crippen LogP contribution is -1.99. The van der Waals surface area contributed by atoms with Gasteiger partial charge in [0.2, 0.25) is 0 Å². The summed E-state index contributed by atoms with van der Waals surface area (Å²) in [6.07, 6.45) is 0.462. The Labute approximate surface area is 153 Å². The Morgan fingerprint density at radius 1 is 1.23 bits per heavy atom. The Morgan fingerprint density at radius 3 is 2.81 bits per heavy atom. The molecule has 0 bridgehead atoms. The Kier molecular flexibility index (Phi) is 5.33. The van der Waals surface area contributed by atoms with Crippen molar-refractivity contribution in [3.8, 4) is 11.5 Å². The quantitative estimate of drug-likeness (QED) is 0.457. The van der Waals surface area contributed by atoms with Gasteiger partial charge in [-0.05, 0) is 23.8 Å². The van der Waals surface area contributed by atoms with Crippen molar-refractivity contribution in [2.75, 3.05) is 7.11 Å². The van der Waals surface area contributed by atoms with E-state index >= 15 is 0 Å². The highest BCUT2D eigenvalue weighted by Crippen LogP contribution is 2.31. The zero-order valence-corrected chi connectivity index (χ0v) is 14.5. The first-order valence-corrected chi connectivity index (χ1v) is 7.94. The number of hydrogen-bond acceptors (Lipinski definition) is 7. The summed E-state index contributed by atoms with van der Waals surface area (Å²) >= 11 is 5.95. The van der Waals surface area contributed by atoms with Crippen molar-refractivity contribution in [1.82, 2.24) is 10.1 Å². The lowest BCUT2D eigenvalue weighted by atomic mass is 10.1. The summed E-state index contributed by atoms with van der Waals surface area (Å²) in [5.74, 6) is 1.32. The monoisotopic (exact) mass is 375 g/mol. The highest BCUT2D eigenvalue weighted by molar-refractivity contribution is 6.30. The molecule has 0 aliphatic carbocycles. The average molecular weight is 376 g/mol. The molecule has 0 saturated heterocycles. The maximum atomic E-state index is 10.9. The highest BCUT2D eigenvalue weighted by atomic mass is 35.5. The van der Waals surface area contributed by atoms with Crippen molar-refractivity contribution < 1.29 is 18.9 Å². The van der Waals surface area contributed by atoms with E-state index < -0.39 is 4.92 Å². The molecule has 8 nitrogen and oxygen atoms in total. The largest absolute Gasteiger partial charge is 0.493 e. The Hall–Kier alpha value is -3.13. The van der Waals surface area contributed by atoms with Crippen molar-refractivity contribution in [2.45, 2.75) is 13.0 Å². The van der Waals surface area contributed by atoms with E-state index in [4.69, 9.17) is 25.6 Å². The van der Waals surface area contributed by atoms with E-state index in [0.29, 0.717) is 23.0 Å². The van der Waals surface area contributed by atoms with E-state index in [1.165, 1.54) is 25.3 Å². The summed E-state index contributed by atoms with van der Waals surface area (Å²) in [6, 6.07) is 11.4. The summed E-state index contributed by atoms with van der Waals surface area (Å²) in [5, 5.41) is 15.4. The summed E-state index contributed by atoms with van der Waals surface area (Å²) < 4.78 is 15.8. The number of benzene rings is 2. The molecule has 0 aliphatic heterocycles. The van der Waals surface area contributed by atoms with Crippen molar-refractivity contribution in [3.05, 3.63) is 74.9 Å². The summed E-state index contributed by atoms with van der Waals surface area (Å²) in [6.45, 7) is -0.0416. The van der Waals surface area contributed by atoms with Crippen molar-refractivity contribution >= 4 is 17.3 Å². The van der Waals surface area contributed by atoms with Crippen LogP contribution in [0.4, 0.5) is 5.69 Å². The van der Waals surface area contributed by atoms with Crippen LogP contribution in [-0.2, 0) is 13.0 Å². The van der Waals surface area contributed by atoms with Gasteiger partial charge in [-0.25, -0.2) is 0 Å². The van der Waals surface area contributed by atoms with Crippen LogP contribution in [-0.4, -0.2) is 22.2 Å². The third-order valence-electron chi connectivity index (χ3n) is 3.47. The van der Waals surface area contributed by atoms with Gasteiger partial charge in [-0.15, -0.1) is 0 Å². The highest BCUT2D eigenvalue weighted by Gasteiger charge is 2.14. The number of nitro groups is 1. The molecule has 0 N–H and O–H groups in total. The molecule has 0 aliphatic rings. The molecule has 3 aromatic rings. The topological polar surface area (TPSA) is 101 Å². The van der Waals surface area contributed by atoms with Crippen LogP contribution in [0.1, 0.15) is 17.3 Å². The second-order valence-corrected chi connectivity index (χ2v) is 5.73. The van der Waals surface area contributed by atoms with E-state index in [0.717, 1.165) is 5.56 Å². The summed E-state index contributed by atoms with van der Waals surface area (Å²) in [4.78, 5) is 14.6. The van der Waals surface area contributed by atoms with Gasteiger partial charge >= 0.3 is 0 Å². The third-order valence-corrected chi connectivity index (χ3v) is 3.71. The van der Waals surface area contributed by atoms with Crippen LogP contribution in [0.25, 0.3) is 0 Å². The van der Waals surface area contributed by atoms with Gasteiger partial charge in [0.15, 0.2) is 23.9 Å². The molecule has 0 amide bonds. The number of rotatable bonds is 7. The maximum Gasteiger partial charge on any atom is 0.273 e. The minimum Gasteiger partial charge on any atom is -0.493 e. The molecule has 0 atom stereocenters. The molecule has 0 fully saturated rings. The molecular weight excluding hydrogens is 362 g/mol. The summed E-state index contributed by atoms with van der Waals surface area (Å²) in [5.41, 5.74) is 0.846. The Balaban J connectivity index is 1.68. The number of aromatic nitrogens is 2. The van der Waals surface area contributed by atoms with Crippen LogP contribution in [0.2, 0.25) is 5.02 Å². The van der Waals surface area contributed by atoms with Gasteiger partial charge in [-0.3, -0.25) is 10.1 Å². The van der Waals surface area contributed by atoms with Crippen LogP contribution in [0.15, 0.2) is 47.0 Å². The lowest BCUT2D eigenvalue weighted by Gasteiger charge is -2.08.